The minimum absolute atomic E-state index is 0.202. The number of aromatic nitrogens is 3. The lowest BCUT2D eigenvalue weighted by molar-refractivity contribution is -0.141. The van der Waals surface area contributed by atoms with Crippen molar-refractivity contribution in [2.45, 2.75) is 6.18 Å². The number of nitrogens with one attached hydrogen (secondary N) is 1. The Hall–Kier alpha value is -1.57. The van der Waals surface area contributed by atoms with Gasteiger partial charge >= 0.3 is 6.18 Å². The molecule has 2 heterocycles. The Morgan fingerprint density at radius 3 is 2.62 bits per heavy atom. The summed E-state index contributed by atoms with van der Waals surface area (Å²) >= 11 is 1.03. The number of H-pyrrole nitrogens is 1. The van der Waals surface area contributed by atoms with E-state index in [1.807, 2.05) is 5.10 Å². The van der Waals surface area contributed by atoms with Crippen molar-refractivity contribution >= 4 is 11.5 Å². The van der Waals surface area contributed by atoms with Crippen LogP contribution in [0.1, 0.15) is 5.69 Å². The molecule has 16 heavy (non-hydrogen) atoms. The molecule has 86 valence electrons. The summed E-state index contributed by atoms with van der Waals surface area (Å²) in [4.78, 5) is 0.517. The van der Waals surface area contributed by atoms with Crippen LogP contribution in [0.3, 0.4) is 0 Å². The van der Waals surface area contributed by atoms with Crippen LogP contribution < -0.4 is 4.74 Å². The molecular formula is C8H6F3N3OS. The predicted molar refractivity (Wildman–Crippen MR) is 51.2 cm³/mol. The molecule has 0 aromatic carbocycles. The molecule has 0 unspecified atom stereocenters. The van der Waals surface area contributed by atoms with E-state index in [-0.39, 0.29) is 5.69 Å². The molecule has 0 aliphatic carbocycles. The topological polar surface area (TPSA) is 50.8 Å². The van der Waals surface area contributed by atoms with Gasteiger partial charge < -0.3 is 4.74 Å². The summed E-state index contributed by atoms with van der Waals surface area (Å²) in [6.07, 6.45) is -4.42. The Morgan fingerprint density at radius 2 is 2.12 bits per heavy atom. The molecular weight excluding hydrogens is 243 g/mol. The summed E-state index contributed by atoms with van der Waals surface area (Å²) in [6, 6.07) is 2.47. The minimum atomic E-state index is -4.42. The van der Waals surface area contributed by atoms with E-state index in [4.69, 9.17) is 4.74 Å². The fourth-order valence-corrected chi connectivity index (χ4v) is 1.74. The lowest BCUT2D eigenvalue weighted by atomic mass is 10.3. The van der Waals surface area contributed by atoms with Crippen molar-refractivity contribution in [2.24, 2.45) is 0 Å². The maximum Gasteiger partial charge on any atom is 0.432 e. The van der Waals surface area contributed by atoms with Crippen molar-refractivity contribution in [3.8, 4) is 16.5 Å². The number of methoxy groups -OCH3 is 1. The first-order valence-corrected chi connectivity index (χ1v) is 4.91. The molecule has 0 bridgehead atoms. The quantitative estimate of drug-likeness (QED) is 0.889. The van der Waals surface area contributed by atoms with Crippen molar-refractivity contribution in [3.63, 3.8) is 0 Å². The van der Waals surface area contributed by atoms with Crippen molar-refractivity contribution in [1.82, 2.24) is 14.6 Å². The highest BCUT2D eigenvalue weighted by Crippen LogP contribution is 2.32. The highest BCUT2D eigenvalue weighted by molar-refractivity contribution is 7.09. The van der Waals surface area contributed by atoms with E-state index >= 15 is 0 Å². The van der Waals surface area contributed by atoms with Gasteiger partial charge in [-0.05, 0) is 17.6 Å². The largest absolute Gasteiger partial charge is 0.480 e. The molecule has 0 radical (unpaired) electrons. The number of ether oxygens (including phenoxy) is 1. The molecule has 0 aliphatic heterocycles. The number of hydrogen-bond donors (Lipinski definition) is 1. The van der Waals surface area contributed by atoms with Crippen LogP contribution in [0.2, 0.25) is 0 Å². The zero-order valence-corrected chi connectivity index (χ0v) is 8.82. The smallest absolute Gasteiger partial charge is 0.432 e. The van der Waals surface area contributed by atoms with Gasteiger partial charge in [0.1, 0.15) is 11.4 Å². The van der Waals surface area contributed by atoms with Crippen LogP contribution >= 0.6 is 11.5 Å². The summed E-state index contributed by atoms with van der Waals surface area (Å²) in [5, 5.41) is 5.50. The third-order valence-corrected chi connectivity index (χ3v) is 2.63. The summed E-state index contributed by atoms with van der Waals surface area (Å²) in [6.45, 7) is 0. The summed E-state index contributed by atoms with van der Waals surface area (Å²) in [5.41, 5.74) is -0.678. The normalized spacial score (nSPS) is 11.8. The van der Waals surface area contributed by atoms with E-state index in [1.165, 1.54) is 13.2 Å². The molecule has 0 amide bonds. The fourth-order valence-electron chi connectivity index (χ4n) is 1.07. The average Bonchev–Trinajstić information content (AvgIpc) is 2.85. The SMILES string of the molecule is COc1cc(-c2cc(C(F)(F)F)[nH]n2)sn1. The third kappa shape index (κ3) is 2.01. The Labute approximate surface area is 92.2 Å². The fraction of sp³-hybridized carbons (Fsp3) is 0.250. The van der Waals surface area contributed by atoms with E-state index in [9.17, 15) is 13.2 Å². The van der Waals surface area contributed by atoms with Gasteiger partial charge in [0.15, 0.2) is 0 Å². The van der Waals surface area contributed by atoms with Crippen molar-refractivity contribution in [1.29, 1.82) is 0 Å². The maximum atomic E-state index is 12.3. The van der Waals surface area contributed by atoms with E-state index in [0.717, 1.165) is 17.6 Å². The molecule has 2 aromatic heterocycles. The molecule has 0 fully saturated rings. The van der Waals surface area contributed by atoms with Gasteiger partial charge in [0.05, 0.1) is 12.0 Å². The zero-order chi connectivity index (χ0) is 11.8. The Kier molecular flexibility index (Phi) is 2.58. The van der Waals surface area contributed by atoms with E-state index in [2.05, 4.69) is 9.47 Å². The Morgan fingerprint density at radius 1 is 1.38 bits per heavy atom. The molecule has 0 atom stereocenters. The van der Waals surface area contributed by atoms with Crippen LogP contribution in [0.15, 0.2) is 12.1 Å². The third-order valence-electron chi connectivity index (χ3n) is 1.83. The second-order valence-corrected chi connectivity index (χ2v) is 3.70. The first-order chi connectivity index (χ1) is 7.50. The van der Waals surface area contributed by atoms with Gasteiger partial charge in [0.2, 0.25) is 5.88 Å². The van der Waals surface area contributed by atoms with Crippen molar-refractivity contribution < 1.29 is 17.9 Å². The highest BCUT2D eigenvalue weighted by atomic mass is 32.1. The average molecular weight is 249 g/mol. The first-order valence-electron chi connectivity index (χ1n) is 4.14. The molecule has 0 spiro atoms. The monoisotopic (exact) mass is 249 g/mol. The van der Waals surface area contributed by atoms with Crippen LogP contribution in [-0.2, 0) is 6.18 Å². The minimum Gasteiger partial charge on any atom is -0.480 e. The number of rotatable bonds is 2. The predicted octanol–water partition coefficient (Wildman–Crippen LogP) is 2.56. The number of aromatic amines is 1. The van der Waals surface area contributed by atoms with Gasteiger partial charge in [-0.2, -0.15) is 22.6 Å². The summed E-state index contributed by atoms with van der Waals surface area (Å²) in [7, 11) is 1.44. The van der Waals surface area contributed by atoms with Crippen molar-refractivity contribution in [2.75, 3.05) is 7.11 Å². The molecule has 2 aromatic rings. The first kappa shape index (κ1) is 10.9. The van der Waals surface area contributed by atoms with Gasteiger partial charge in [-0.25, -0.2) is 0 Å². The van der Waals surface area contributed by atoms with E-state index in [1.54, 1.807) is 0 Å². The van der Waals surface area contributed by atoms with Gasteiger partial charge in [-0.3, -0.25) is 5.10 Å². The van der Waals surface area contributed by atoms with E-state index in [0.29, 0.717) is 10.8 Å². The molecule has 0 aliphatic rings. The molecule has 1 N–H and O–H groups in total. The van der Waals surface area contributed by atoms with Gasteiger partial charge in [-0.15, -0.1) is 0 Å². The molecule has 2 rings (SSSR count). The molecule has 0 saturated heterocycles. The standard InChI is InChI=1S/C8H6F3N3OS/c1-15-7-3-5(16-14-7)4-2-6(13-12-4)8(9,10)11/h2-3H,1H3,(H,12,13). The number of nitrogens with zero attached hydrogens (tertiary/aromatic N) is 2. The Balaban J connectivity index is 2.31. The van der Waals surface area contributed by atoms with Gasteiger partial charge in [0.25, 0.3) is 0 Å². The highest BCUT2D eigenvalue weighted by Gasteiger charge is 2.33. The zero-order valence-electron chi connectivity index (χ0n) is 8.00. The second kappa shape index (κ2) is 3.78. The number of alkyl halides is 3. The van der Waals surface area contributed by atoms with Crippen molar-refractivity contribution in [3.05, 3.63) is 17.8 Å². The van der Waals surface area contributed by atoms with Crippen LogP contribution in [0.25, 0.3) is 10.6 Å². The van der Waals surface area contributed by atoms with Gasteiger partial charge in [-0.1, -0.05) is 0 Å². The molecule has 0 saturated carbocycles. The lowest BCUT2D eigenvalue weighted by Gasteiger charge is -1.99. The molecule has 4 nitrogen and oxygen atoms in total. The molecule has 8 heteroatoms. The summed E-state index contributed by atoms with van der Waals surface area (Å²) in [5.74, 6) is 0.358. The van der Waals surface area contributed by atoms with Crippen LogP contribution in [0, 0.1) is 0 Å². The lowest BCUT2D eigenvalue weighted by Crippen LogP contribution is -2.04. The number of hydrogen-bond acceptors (Lipinski definition) is 4. The van der Waals surface area contributed by atoms with Crippen LogP contribution in [0.4, 0.5) is 13.2 Å². The number of halogens is 3. The van der Waals surface area contributed by atoms with Crippen LogP contribution in [-0.4, -0.2) is 21.7 Å². The Bertz CT molecular complexity index is 491. The van der Waals surface area contributed by atoms with Gasteiger partial charge in [0, 0.05) is 6.07 Å². The second-order valence-electron chi connectivity index (χ2n) is 2.90. The maximum absolute atomic E-state index is 12.3. The van der Waals surface area contributed by atoms with E-state index < -0.39 is 11.9 Å². The van der Waals surface area contributed by atoms with Crippen LogP contribution in [0.5, 0.6) is 5.88 Å². The summed E-state index contributed by atoms with van der Waals surface area (Å²) < 4.78 is 45.5.